The smallest absolute Gasteiger partial charge is 0.325 e. The van der Waals surface area contributed by atoms with Crippen LogP contribution in [0.1, 0.15) is 75.3 Å². The van der Waals surface area contributed by atoms with Crippen LogP contribution in [0, 0.1) is 10.8 Å². The Hall–Kier alpha value is -4.61. The minimum atomic E-state index is -0.340. The van der Waals surface area contributed by atoms with Crippen molar-refractivity contribution in [3.8, 4) is 0 Å². The van der Waals surface area contributed by atoms with Crippen molar-refractivity contribution in [3.05, 3.63) is 96.2 Å². The zero-order valence-electron chi connectivity index (χ0n) is 33.3. The lowest BCUT2D eigenvalue weighted by Crippen LogP contribution is -2.47. The number of nitrogens with one attached hydrogen (secondary N) is 1. The minimum Gasteiger partial charge on any atom is -0.468 e. The van der Waals surface area contributed by atoms with Crippen LogP contribution >= 0.6 is 0 Å². The van der Waals surface area contributed by atoms with Gasteiger partial charge in [0, 0.05) is 43.2 Å². The highest BCUT2D eigenvalue weighted by Gasteiger charge is 2.51. The first-order valence-corrected chi connectivity index (χ1v) is 19.6. The van der Waals surface area contributed by atoms with Gasteiger partial charge in [0.25, 0.3) is 0 Å². The summed E-state index contributed by atoms with van der Waals surface area (Å²) in [5.74, 6) is 0.154. The third-order valence-electron chi connectivity index (χ3n) is 13.2. The lowest BCUT2D eigenvalue weighted by atomic mass is 9.64. The van der Waals surface area contributed by atoms with Gasteiger partial charge in [0.15, 0.2) is 0 Å². The molecule has 1 N–H and O–H groups in total. The van der Waals surface area contributed by atoms with Crippen LogP contribution in [0.15, 0.2) is 85.1 Å². The number of nitrogens with zero attached hydrogens (tertiary/aromatic N) is 5. The molecule has 1 aromatic heterocycles. The number of likely N-dealkylation sites (tertiary alicyclic amines) is 2. The molecule has 0 atom stereocenters. The highest BCUT2D eigenvalue weighted by Crippen LogP contribution is 2.53. The van der Waals surface area contributed by atoms with E-state index in [1.54, 1.807) is 28.1 Å². The molecular formula is C44H58N6O5. The van der Waals surface area contributed by atoms with E-state index in [1.807, 2.05) is 6.07 Å². The number of pyridine rings is 1. The number of rotatable bonds is 9. The minimum absolute atomic E-state index is 0.0132. The van der Waals surface area contributed by atoms with Crippen LogP contribution in [-0.4, -0.2) is 110 Å². The first kappa shape index (κ1) is 40.1. The van der Waals surface area contributed by atoms with Crippen molar-refractivity contribution in [2.45, 2.75) is 75.3 Å². The molecule has 3 heterocycles. The predicted molar refractivity (Wildman–Crippen MR) is 213 cm³/mol. The first-order valence-electron chi connectivity index (χ1n) is 19.6. The zero-order chi connectivity index (χ0) is 39.3. The zero-order valence-corrected chi connectivity index (χ0v) is 33.3. The summed E-state index contributed by atoms with van der Waals surface area (Å²) in [6, 6.07) is 26.7. The highest BCUT2D eigenvalue weighted by molar-refractivity contribution is 5.94. The lowest BCUT2D eigenvalue weighted by Gasteiger charge is -2.48. The Labute approximate surface area is 326 Å². The van der Waals surface area contributed by atoms with Crippen LogP contribution in [0.5, 0.6) is 0 Å². The maximum absolute atomic E-state index is 12.7. The standard InChI is InChI=1S/C24H30N4O2.C20H28N2O3/c1-27(2)24(19-8-4-3-5-9-19)13-11-23(12-14-24)16-22(30)28(18-23)17-21(29)26-20-10-6-7-15-25-20;1-21(2)20(16-7-5-4-6-8-16)11-9-19(10-12-20)13-17(23)22(15-19)14-18(24)25-3/h3-10,15H,11-14,16-18H2,1-2H3,(H,25,26,29);4-8H,9-15H2,1-3H3. The topological polar surface area (TPSA) is 115 Å². The molecule has 0 unspecified atom stereocenters. The van der Waals surface area contributed by atoms with Gasteiger partial charge in [-0.05, 0) is 114 Å². The molecule has 4 fully saturated rings. The van der Waals surface area contributed by atoms with Crippen LogP contribution < -0.4 is 5.32 Å². The number of carbonyl (C=O) groups excluding carboxylic acids is 4. The maximum Gasteiger partial charge on any atom is 0.325 e. The van der Waals surface area contributed by atoms with Crippen molar-refractivity contribution in [1.82, 2.24) is 24.6 Å². The van der Waals surface area contributed by atoms with Crippen LogP contribution in [0.2, 0.25) is 0 Å². The summed E-state index contributed by atoms with van der Waals surface area (Å²) in [7, 11) is 9.96. The summed E-state index contributed by atoms with van der Waals surface area (Å²) >= 11 is 0. The lowest BCUT2D eigenvalue weighted by molar-refractivity contribution is -0.145. The Kier molecular flexibility index (Phi) is 12.1. The second-order valence-electron chi connectivity index (χ2n) is 16.8. The van der Waals surface area contributed by atoms with Gasteiger partial charge in [-0.3, -0.25) is 29.0 Å². The van der Waals surface area contributed by atoms with Gasteiger partial charge in [-0.2, -0.15) is 0 Å². The summed E-state index contributed by atoms with van der Waals surface area (Å²) in [6.07, 6.45) is 10.8. The van der Waals surface area contributed by atoms with Gasteiger partial charge in [0.1, 0.15) is 12.4 Å². The van der Waals surface area contributed by atoms with Crippen molar-refractivity contribution in [2.75, 3.05) is 66.8 Å². The predicted octanol–water partition coefficient (Wildman–Crippen LogP) is 5.68. The van der Waals surface area contributed by atoms with E-state index in [4.69, 9.17) is 4.74 Å². The molecule has 2 aromatic carbocycles. The quantitative estimate of drug-likeness (QED) is 0.278. The fourth-order valence-corrected chi connectivity index (χ4v) is 9.81. The number of aromatic nitrogens is 1. The van der Waals surface area contributed by atoms with Crippen molar-refractivity contribution in [3.63, 3.8) is 0 Å². The summed E-state index contributed by atoms with van der Waals surface area (Å²) in [4.78, 5) is 61.2. The van der Waals surface area contributed by atoms with E-state index >= 15 is 0 Å². The molecule has 0 radical (unpaired) electrons. The first-order chi connectivity index (χ1) is 26.3. The largest absolute Gasteiger partial charge is 0.468 e. The molecule has 55 heavy (non-hydrogen) atoms. The van der Waals surface area contributed by atoms with Gasteiger partial charge in [0.05, 0.1) is 13.7 Å². The number of carbonyl (C=O) groups is 4. The monoisotopic (exact) mass is 750 g/mol. The van der Waals surface area contributed by atoms with E-state index in [1.165, 1.54) is 18.2 Å². The summed E-state index contributed by atoms with van der Waals surface area (Å²) in [6.45, 7) is 1.52. The number of amides is 3. The Morgan fingerprint density at radius 1 is 0.655 bits per heavy atom. The molecule has 3 amide bonds. The number of anilines is 1. The Morgan fingerprint density at radius 3 is 1.49 bits per heavy atom. The molecular weight excluding hydrogens is 693 g/mol. The van der Waals surface area contributed by atoms with Gasteiger partial charge >= 0.3 is 5.97 Å². The Bertz CT molecular complexity index is 1780. The Morgan fingerprint density at radius 2 is 1.09 bits per heavy atom. The molecule has 2 spiro atoms. The number of hydrogen-bond donors (Lipinski definition) is 1. The molecule has 0 bridgehead atoms. The summed E-state index contributed by atoms with van der Waals surface area (Å²) in [5, 5.41) is 2.78. The fraction of sp³-hybridized carbons (Fsp3) is 0.523. The van der Waals surface area contributed by atoms with E-state index in [-0.39, 0.29) is 58.7 Å². The number of ether oxygens (including phenoxy) is 1. The highest BCUT2D eigenvalue weighted by atomic mass is 16.5. The molecule has 3 aromatic rings. The van der Waals surface area contributed by atoms with Gasteiger partial charge in [-0.1, -0.05) is 66.7 Å². The molecule has 7 rings (SSSR count). The number of benzene rings is 2. The van der Waals surface area contributed by atoms with E-state index in [0.29, 0.717) is 31.7 Å². The number of methoxy groups -OCH3 is 1. The van der Waals surface area contributed by atoms with Crippen molar-refractivity contribution < 1.29 is 23.9 Å². The SMILES string of the molecule is CN(C)C1(c2ccccc2)CCC2(CC1)CC(=O)N(CC(=O)Nc1ccccn1)C2.COC(=O)CN1CC2(CCC(c3ccccc3)(N(C)C)CC2)CC1=O. The molecule has 2 saturated carbocycles. The van der Waals surface area contributed by atoms with Crippen LogP contribution in [0.3, 0.4) is 0 Å². The maximum atomic E-state index is 12.7. The number of hydrogen-bond acceptors (Lipinski definition) is 8. The third kappa shape index (κ3) is 8.63. The van der Waals surface area contributed by atoms with E-state index in [2.05, 4.69) is 109 Å². The van der Waals surface area contributed by atoms with Gasteiger partial charge < -0.3 is 19.9 Å². The third-order valence-corrected chi connectivity index (χ3v) is 13.2. The van der Waals surface area contributed by atoms with Crippen LogP contribution in [0.4, 0.5) is 5.82 Å². The second-order valence-corrected chi connectivity index (χ2v) is 16.8. The summed E-state index contributed by atoms with van der Waals surface area (Å²) in [5.41, 5.74) is 2.74. The normalized spacial score (nSPS) is 27.8. The molecule has 2 saturated heterocycles. The fourth-order valence-electron chi connectivity index (χ4n) is 9.81. The molecule has 2 aliphatic heterocycles. The van der Waals surface area contributed by atoms with E-state index in [9.17, 15) is 19.2 Å². The molecule has 11 nitrogen and oxygen atoms in total. The van der Waals surface area contributed by atoms with Gasteiger partial charge in [0.2, 0.25) is 17.7 Å². The van der Waals surface area contributed by atoms with Gasteiger partial charge in [-0.15, -0.1) is 0 Å². The van der Waals surface area contributed by atoms with Crippen molar-refractivity contribution in [1.29, 1.82) is 0 Å². The molecule has 11 heteroatoms. The molecule has 2 aliphatic carbocycles. The molecule has 294 valence electrons. The molecule has 4 aliphatic rings. The van der Waals surface area contributed by atoms with Crippen molar-refractivity contribution in [2.24, 2.45) is 10.8 Å². The Balaban J connectivity index is 0.000000190. The van der Waals surface area contributed by atoms with E-state index in [0.717, 1.165) is 51.4 Å². The number of esters is 1. The van der Waals surface area contributed by atoms with Crippen LogP contribution in [-0.2, 0) is 35.0 Å². The average molecular weight is 751 g/mol. The van der Waals surface area contributed by atoms with Crippen molar-refractivity contribution >= 4 is 29.5 Å². The van der Waals surface area contributed by atoms with E-state index < -0.39 is 0 Å². The average Bonchev–Trinajstić information content (AvgIpc) is 3.66. The van der Waals surface area contributed by atoms with Gasteiger partial charge in [-0.25, -0.2) is 4.98 Å². The second kappa shape index (κ2) is 16.6. The summed E-state index contributed by atoms with van der Waals surface area (Å²) < 4.78 is 4.72. The van der Waals surface area contributed by atoms with Crippen LogP contribution in [0.25, 0.3) is 0 Å².